The molecule has 4 aromatic carbocycles. The fraction of sp³-hybridized carbons (Fsp3) is 0.0323. The zero-order chi connectivity index (χ0) is 24.4. The molecule has 4 nitrogen and oxygen atoms in total. The van der Waals surface area contributed by atoms with Crippen molar-refractivity contribution >= 4 is 28.8 Å². The number of aromatic nitrogens is 3. The molecule has 0 aliphatic carbocycles. The lowest BCUT2D eigenvalue weighted by Crippen LogP contribution is -2.33. The Morgan fingerprint density at radius 1 is 0.611 bits per heavy atom. The summed E-state index contributed by atoms with van der Waals surface area (Å²) in [6.45, 7) is 0. The molecule has 0 saturated heterocycles. The van der Waals surface area contributed by atoms with Crippen molar-refractivity contribution in [1.82, 2.24) is 14.2 Å². The van der Waals surface area contributed by atoms with Gasteiger partial charge in [0, 0.05) is 18.3 Å². The van der Waals surface area contributed by atoms with Gasteiger partial charge in [-0.25, -0.2) is 4.98 Å². The maximum atomic E-state index is 13.5. The van der Waals surface area contributed by atoms with Gasteiger partial charge in [-0.05, 0) is 48.5 Å². The Labute approximate surface area is 210 Å². The number of nitrogens with zero attached hydrogens (tertiary/aromatic N) is 3. The smallest absolute Gasteiger partial charge is 0.267 e. The van der Waals surface area contributed by atoms with Crippen LogP contribution in [0.4, 0.5) is 0 Å². The molecule has 0 fully saturated rings. The van der Waals surface area contributed by atoms with Crippen LogP contribution in [0.5, 0.6) is 0 Å². The molecule has 2 heterocycles. The van der Waals surface area contributed by atoms with E-state index in [0.717, 1.165) is 11.4 Å². The van der Waals surface area contributed by atoms with E-state index >= 15 is 0 Å². The monoisotopic (exact) mass is 486 g/mol. The molecule has 0 bridgehead atoms. The van der Waals surface area contributed by atoms with Gasteiger partial charge in [0.15, 0.2) is 5.65 Å². The van der Waals surface area contributed by atoms with Gasteiger partial charge in [-0.15, -0.1) is 0 Å². The number of para-hydroxylation sites is 1. The molecule has 5 heteroatoms. The third-order valence-electron chi connectivity index (χ3n) is 6.57. The van der Waals surface area contributed by atoms with E-state index in [2.05, 4.69) is 91.0 Å². The summed E-state index contributed by atoms with van der Waals surface area (Å²) in [5, 5.41) is 3.81. The third-order valence-corrected chi connectivity index (χ3v) is 10.9. The van der Waals surface area contributed by atoms with Crippen LogP contribution in [-0.4, -0.2) is 14.2 Å². The molecular weight excluding hydrogens is 461 g/mol. The lowest BCUT2D eigenvalue weighted by atomic mass is 10.3. The van der Waals surface area contributed by atoms with Gasteiger partial charge in [0.05, 0.1) is 11.4 Å². The minimum absolute atomic E-state index is 0.0869. The lowest BCUT2D eigenvalue weighted by molar-refractivity contribution is 0.760. The number of benzene rings is 4. The first-order chi connectivity index (χ1) is 17.8. The van der Waals surface area contributed by atoms with Gasteiger partial charge in [0.25, 0.3) is 5.56 Å². The van der Waals surface area contributed by atoms with Gasteiger partial charge < -0.3 is 0 Å². The van der Waals surface area contributed by atoms with Crippen molar-refractivity contribution in [3.8, 4) is 5.69 Å². The molecule has 0 spiro atoms. The zero-order valence-electron chi connectivity index (χ0n) is 19.7. The van der Waals surface area contributed by atoms with Crippen molar-refractivity contribution in [2.24, 2.45) is 0 Å². The summed E-state index contributed by atoms with van der Waals surface area (Å²) in [5.74, 6) is 0. The quantitative estimate of drug-likeness (QED) is 0.312. The van der Waals surface area contributed by atoms with Crippen LogP contribution >= 0.6 is 7.26 Å². The topological polar surface area (TPSA) is 39.3 Å². The van der Waals surface area contributed by atoms with Crippen LogP contribution in [0.25, 0.3) is 11.3 Å². The van der Waals surface area contributed by atoms with Crippen molar-refractivity contribution in [3.63, 3.8) is 0 Å². The van der Waals surface area contributed by atoms with Gasteiger partial charge in [0.1, 0.15) is 29.3 Å². The maximum Gasteiger partial charge on any atom is 0.273 e. The fourth-order valence-electron chi connectivity index (χ4n) is 4.95. The zero-order valence-corrected chi connectivity index (χ0v) is 20.6. The summed E-state index contributed by atoms with van der Waals surface area (Å²) < 4.78 is 3.48. The molecular formula is C31H25N3OP+. The SMILES string of the molecule is O=c1cc(C[P+](c2ccccc2)(c2ccccc2)c2ccccc2)nc2ccn(-c3ccccc3)n12. The number of rotatable bonds is 6. The summed E-state index contributed by atoms with van der Waals surface area (Å²) in [7, 11) is -2.14. The molecule has 0 saturated carbocycles. The normalized spacial score (nSPS) is 11.6. The minimum atomic E-state index is -2.14. The second-order valence-electron chi connectivity index (χ2n) is 8.73. The van der Waals surface area contributed by atoms with Crippen LogP contribution in [0.3, 0.4) is 0 Å². The molecule has 0 N–H and O–H groups in total. The minimum Gasteiger partial charge on any atom is -0.267 e. The number of fused-ring (bicyclic) bond motifs is 1. The molecule has 2 aromatic heterocycles. The average molecular weight is 487 g/mol. The van der Waals surface area contributed by atoms with Crippen molar-refractivity contribution in [2.45, 2.75) is 6.16 Å². The van der Waals surface area contributed by atoms with Gasteiger partial charge >= 0.3 is 0 Å². The van der Waals surface area contributed by atoms with E-state index in [9.17, 15) is 4.79 Å². The fourth-order valence-corrected chi connectivity index (χ4v) is 9.08. The van der Waals surface area contributed by atoms with Crippen LogP contribution in [0, 0.1) is 0 Å². The second-order valence-corrected chi connectivity index (χ2v) is 12.2. The van der Waals surface area contributed by atoms with E-state index in [0.29, 0.717) is 11.8 Å². The van der Waals surface area contributed by atoms with Gasteiger partial charge in [-0.3, -0.25) is 9.48 Å². The predicted octanol–water partition coefficient (Wildman–Crippen LogP) is 4.98. The Morgan fingerprint density at radius 2 is 1.08 bits per heavy atom. The van der Waals surface area contributed by atoms with E-state index in [1.807, 2.05) is 47.3 Å². The standard InChI is InChI=1S/C31H25N3OP/c35-31-23-25(32-30-21-22-33(34(30)31)26-13-5-1-6-14-26)24-36(27-15-7-2-8-16-27,28-17-9-3-10-18-28)29-19-11-4-12-20-29/h1-23H,24H2/q+1. The van der Waals surface area contributed by atoms with E-state index < -0.39 is 7.26 Å². The van der Waals surface area contributed by atoms with Crippen molar-refractivity contribution in [3.05, 3.63) is 156 Å². The number of hydrogen-bond donors (Lipinski definition) is 0. The molecule has 0 aliphatic heterocycles. The van der Waals surface area contributed by atoms with Crippen molar-refractivity contribution in [1.29, 1.82) is 0 Å². The molecule has 174 valence electrons. The van der Waals surface area contributed by atoms with Gasteiger partial charge in [-0.2, -0.15) is 4.52 Å². The van der Waals surface area contributed by atoms with Gasteiger partial charge in [-0.1, -0.05) is 72.8 Å². The largest absolute Gasteiger partial charge is 0.273 e. The van der Waals surface area contributed by atoms with E-state index in [-0.39, 0.29) is 5.56 Å². The predicted molar refractivity (Wildman–Crippen MR) is 150 cm³/mol. The molecule has 0 radical (unpaired) electrons. The first-order valence-corrected chi connectivity index (χ1v) is 13.9. The molecule has 6 rings (SSSR count). The Bertz CT molecular complexity index is 1560. The van der Waals surface area contributed by atoms with Crippen LogP contribution < -0.4 is 21.5 Å². The van der Waals surface area contributed by atoms with E-state index in [1.54, 1.807) is 10.6 Å². The second kappa shape index (κ2) is 9.41. The molecule has 0 unspecified atom stereocenters. The lowest BCUT2D eigenvalue weighted by Gasteiger charge is -2.27. The first-order valence-electron chi connectivity index (χ1n) is 12.0. The Balaban J connectivity index is 1.56. The highest BCUT2D eigenvalue weighted by Crippen LogP contribution is 2.57. The summed E-state index contributed by atoms with van der Waals surface area (Å²) in [4.78, 5) is 18.5. The molecule has 36 heavy (non-hydrogen) atoms. The Morgan fingerprint density at radius 3 is 1.58 bits per heavy atom. The number of hydrogen-bond acceptors (Lipinski definition) is 2. The van der Waals surface area contributed by atoms with Crippen LogP contribution in [0.1, 0.15) is 5.69 Å². The highest BCUT2D eigenvalue weighted by Gasteiger charge is 2.46. The summed E-state index contributed by atoms with van der Waals surface area (Å²) in [6.07, 6.45) is 2.56. The highest BCUT2D eigenvalue weighted by atomic mass is 31.2. The van der Waals surface area contributed by atoms with E-state index in [1.165, 1.54) is 15.9 Å². The molecule has 0 amide bonds. The van der Waals surface area contributed by atoms with Crippen molar-refractivity contribution < 1.29 is 0 Å². The van der Waals surface area contributed by atoms with Gasteiger partial charge in [0.2, 0.25) is 0 Å². The highest BCUT2D eigenvalue weighted by molar-refractivity contribution is 7.95. The summed E-state index contributed by atoms with van der Waals surface area (Å²) in [5.41, 5.74) is 2.28. The van der Waals surface area contributed by atoms with Crippen molar-refractivity contribution in [2.75, 3.05) is 0 Å². The van der Waals surface area contributed by atoms with Crippen LogP contribution in [-0.2, 0) is 6.16 Å². The Hall–Kier alpha value is -4.27. The first kappa shape index (κ1) is 22.2. The third kappa shape index (κ3) is 3.86. The Kier molecular flexibility index (Phi) is 5.80. The molecule has 6 aromatic rings. The summed E-state index contributed by atoms with van der Waals surface area (Å²) in [6, 6.07) is 45.5. The summed E-state index contributed by atoms with van der Waals surface area (Å²) >= 11 is 0. The maximum absolute atomic E-state index is 13.5. The van der Waals surface area contributed by atoms with Crippen LogP contribution in [0.15, 0.2) is 144 Å². The molecule has 0 aliphatic rings. The van der Waals surface area contributed by atoms with E-state index in [4.69, 9.17) is 4.98 Å². The molecule has 0 atom stereocenters. The van der Waals surface area contributed by atoms with Crippen LogP contribution in [0.2, 0.25) is 0 Å². The average Bonchev–Trinajstić information content (AvgIpc) is 3.38.